The minimum atomic E-state index is -4.49. The van der Waals surface area contributed by atoms with Gasteiger partial charge in [0, 0.05) is 31.1 Å². The molecule has 5 rings (SSSR count). The molecule has 1 N–H and O–H groups in total. The highest BCUT2D eigenvalue weighted by Crippen LogP contribution is 2.38. The molecule has 0 saturated heterocycles. The molecule has 1 fully saturated rings. The quantitative estimate of drug-likeness (QED) is 0.151. The molecule has 0 unspecified atom stereocenters. The number of nitrogens with zero attached hydrogens (tertiary/aromatic N) is 2. The maximum absolute atomic E-state index is 15.0. The third-order valence-corrected chi connectivity index (χ3v) is 11.1. The SMILES string of the molecule is COc1ccc(OC)c(N(CC(=O)N(Cc2ccc(C)cc2)[C@@H](Cc2ccccc2)C(=O)NC2CCCC2)S(=O)(=O)c2ccc(OC)c(OC)c2)c1. The van der Waals surface area contributed by atoms with Crippen LogP contribution in [-0.4, -0.2) is 72.2 Å². The molecular formula is C40H47N3O8S. The largest absolute Gasteiger partial charge is 0.497 e. The Morgan fingerprint density at radius 3 is 2.06 bits per heavy atom. The Labute approximate surface area is 306 Å². The molecule has 1 aliphatic rings. The molecule has 0 aliphatic heterocycles. The summed E-state index contributed by atoms with van der Waals surface area (Å²) in [5, 5.41) is 3.20. The van der Waals surface area contributed by atoms with Crippen LogP contribution >= 0.6 is 0 Å². The van der Waals surface area contributed by atoms with Crippen LogP contribution in [-0.2, 0) is 32.6 Å². The van der Waals surface area contributed by atoms with Crippen LogP contribution in [0.1, 0.15) is 42.4 Å². The van der Waals surface area contributed by atoms with Gasteiger partial charge in [0.05, 0.1) is 39.0 Å². The molecule has 1 atom stereocenters. The summed E-state index contributed by atoms with van der Waals surface area (Å²) in [6.07, 6.45) is 3.99. The molecule has 1 saturated carbocycles. The number of anilines is 1. The number of methoxy groups -OCH3 is 4. The normalized spacial score (nSPS) is 13.6. The van der Waals surface area contributed by atoms with Crippen molar-refractivity contribution >= 4 is 27.5 Å². The average molecular weight is 730 g/mol. The van der Waals surface area contributed by atoms with E-state index in [1.54, 1.807) is 12.1 Å². The van der Waals surface area contributed by atoms with Crippen LogP contribution in [0.15, 0.2) is 95.9 Å². The van der Waals surface area contributed by atoms with Gasteiger partial charge in [-0.3, -0.25) is 13.9 Å². The first-order valence-corrected chi connectivity index (χ1v) is 18.7. The fourth-order valence-electron chi connectivity index (χ4n) is 6.42. The first-order valence-electron chi connectivity index (χ1n) is 17.2. The number of ether oxygens (including phenoxy) is 4. The Hall–Kier alpha value is -5.23. The van der Waals surface area contributed by atoms with E-state index in [0.717, 1.165) is 46.7 Å². The van der Waals surface area contributed by atoms with Gasteiger partial charge in [-0.25, -0.2) is 8.42 Å². The molecule has 0 spiro atoms. The number of hydrogen-bond donors (Lipinski definition) is 1. The van der Waals surface area contributed by atoms with E-state index in [1.807, 2.05) is 61.5 Å². The number of hydrogen-bond acceptors (Lipinski definition) is 8. The van der Waals surface area contributed by atoms with E-state index in [1.165, 1.54) is 57.6 Å². The van der Waals surface area contributed by atoms with Crippen molar-refractivity contribution in [3.05, 3.63) is 108 Å². The van der Waals surface area contributed by atoms with Crippen LogP contribution in [0.5, 0.6) is 23.0 Å². The molecule has 12 heteroatoms. The van der Waals surface area contributed by atoms with E-state index in [-0.39, 0.29) is 47.0 Å². The van der Waals surface area contributed by atoms with Crippen LogP contribution in [0.25, 0.3) is 0 Å². The van der Waals surface area contributed by atoms with E-state index in [9.17, 15) is 18.0 Å². The zero-order chi connectivity index (χ0) is 37.3. The van der Waals surface area contributed by atoms with Gasteiger partial charge >= 0.3 is 0 Å². The van der Waals surface area contributed by atoms with Gasteiger partial charge in [0.1, 0.15) is 24.1 Å². The monoisotopic (exact) mass is 729 g/mol. The molecule has 1 aliphatic carbocycles. The van der Waals surface area contributed by atoms with Gasteiger partial charge in [-0.2, -0.15) is 0 Å². The summed E-state index contributed by atoms with van der Waals surface area (Å²) in [6.45, 7) is 1.38. The first-order chi connectivity index (χ1) is 25.1. The van der Waals surface area contributed by atoms with E-state index < -0.39 is 28.5 Å². The number of carbonyl (C=O) groups is 2. The summed E-state index contributed by atoms with van der Waals surface area (Å²) >= 11 is 0. The second-order valence-corrected chi connectivity index (χ2v) is 14.6. The topological polar surface area (TPSA) is 124 Å². The number of aryl methyl sites for hydroxylation is 1. The van der Waals surface area contributed by atoms with Crippen molar-refractivity contribution in [2.45, 2.75) is 62.6 Å². The van der Waals surface area contributed by atoms with E-state index in [2.05, 4.69) is 5.32 Å². The zero-order valence-electron chi connectivity index (χ0n) is 30.3. The van der Waals surface area contributed by atoms with Gasteiger partial charge in [0.25, 0.3) is 10.0 Å². The number of amides is 2. The molecule has 276 valence electrons. The van der Waals surface area contributed by atoms with Crippen molar-refractivity contribution < 1.29 is 37.0 Å². The summed E-state index contributed by atoms with van der Waals surface area (Å²) in [5.74, 6) is 0.207. The Morgan fingerprint density at radius 2 is 1.42 bits per heavy atom. The minimum Gasteiger partial charge on any atom is -0.497 e. The van der Waals surface area contributed by atoms with Gasteiger partial charge in [0.15, 0.2) is 11.5 Å². The second-order valence-electron chi connectivity index (χ2n) is 12.8. The number of nitrogens with one attached hydrogen (secondary N) is 1. The van der Waals surface area contributed by atoms with Gasteiger partial charge in [-0.05, 0) is 55.2 Å². The van der Waals surface area contributed by atoms with Crippen molar-refractivity contribution in [3.63, 3.8) is 0 Å². The standard InChI is InChI=1S/C40H47N3O8S/c1-28-15-17-30(18-16-28)26-42(35(23-29-11-7-6-8-12-29)40(45)41-31-13-9-10-14-31)39(44)27-43(34-24-32(48-2)19-21-36(34)49-3)52(46,47)33-20-22-37(50-4)38(25-33)51-5/h6-8,11-12,15-22,24-25,31,35H,9-10,13-14,23,26-27H2,1-5H3,(H,41,45)/t35-/m0/s1. The van der Waals surface area contributed by atoms with Crippen molar-refractivity contribution in [3.8, 4) is 23.0 Å². The Kier molecular flexibility index (Phi) is 12.7. The highest BCUT2D eigenvalue weighted by Gasteiger charge is 2.37. The lowest BCUT2D eigenvalue weighted by Gasteiger charge is -2.34. The molecule has 0 radical (unpaired) electrons. The molecule has 4 aromatic carbocycles. The summed E-state index contributed by atoms with van der Waals surface area (Å²) in [5.41, 5.74) is 2.77. The van der Waals surface area contributed by atoms with Crippen LogP contribution in [0.4, 0.5) is 5.69 Å². The first kappa shape index (κ1) is 38.0. The molecule has 0 aromatic heterocycles. The van der Waals surface area contributed by atoms with Crippen LogP contribution in [0.2, 0.25) is 0 Å². The highest BCUT2D eigenvalue weighted by molar-refractivity contribution is 7.92. The van der Waals surface area contributed by atoms with Gasteiger partial charge in [-0.1, -0.05) is 73.0 Å². The Balaban J connectivity index is 1.64. The fraction of sp³-hybridized carbons (Fsp3) is 0.350. The molecule has 2 amide bonds. The Morgan fingerprint density at radius 1 is 0.769 bits per heavy atom. The number of benzene rings is 4. The van der Waals surface area contributed by atoms with Gasteiger partial charge in [-0.15, -0.1) is 0 Å². The third kappa shape index (κ3) is 8.97. The molecule has 11 nitrogen and oxygen atoms in total. The predicted molar refractivity (Wildman–Crippen MR) is 200 cm³/mol. The molecule has 4 aromatic rings. The molecular weight excluding hydrogens is 683 g/mol. The van der Waals surface area contributed by atoms with Crippen LogP contribution in [0, 0.1) is 6.92 Å². The smallest absolute Gasteiger partial charge is 0.265 e. The van der Waals surface area contributed by atoms with Crippen LogP contribution in [0.3, 0.4) is 0 Å². The van der Waals surface area contributed by atoms with E-state index in [0.29, 0.717) is 11.5 Å². The van der Waals surface area contributed by atoms with E-state index >= 15 is 0 Å². The Bertz CT molecular complexity index is 1930. The van der Waals surface area contributed by atoms with E-state index in [4.69, 9.17) is 18.9 Å². The van der Waals surface area contributed by atoms with Crippen molar-refractivity contribution in [2.24, 2.45) is 0 Å². The maximum Gasteiger partial charge on any atom is 0.265 e. The lowest BCUT2D eigenvalue weighted by atomic mass is 10.0. The summed E-state index contributed by atoms with van der Waals surface area (Å²) < 4.78 is 52.3. The zero-order valence-corrected chi connectivity index (χ0v) is 31.1. The average Bonchev–Trinajstić information content (AvgIpc) is 3.68. The molecule has 0 heterocycles. The van der Waals surface area contributed by atoms with Crippen molar-refractivity contribution in [1.29, 1.82) is 0 Å². The third-order valence-electron chi connectivity index (χ3n) is 9.32. The fourth-order valence-corrected chi connectivity index (χ4v) is 7.85. The van der Waals surface area contributed by atoms with Crippen molar-refractivity contribution in [2.75, 3.05) is 39.3 Å². The molecule has 52 heavy (non-hydrogen) atoms. The van der Waals surface area contributed by atoms with Crippen LogP contribution < -0.4 is 28.6 Å². The lowest BCUT2D eigenvalue weighted by Crippen LogP contribution is -2.54. The van der Waals surface area contributed by atoms with Gasteiger partial charge in [0.2, 0.25) is 11.8 Å². The second kappa shape index (κ2) is 17.3. The minimum absolute atomic E-state index is 0.00470. The predicted octanol–water partition coefficient (Wildman–Crippen LogP) is 5.92. The number of rotatable bonds is 16. The van der Waals surface area contributed by atoms with Crippen molar-refractivity contribution in [1.82, 2.24) is 10.2 Å². The number of sulfonamides is 1. The number of carbonyl (C=O) groups excluding carboxylic acids is 2. The molecule has 0 bridgehead atoms. The van der Waals surface area contributed by atoms with Gasteiger partial charge < -0.3 is 29.2 Å². The summed E-state index contributed by atoms with van der Waals surface area (Å²) in [7, 11) is 1.26. The maximum atomic E-state index is 15.0. The summed E-state index contributed by atoms with van der Waals surface area (Å²) in [6, 6.07) is 25.2. The summed E-state index contributed by atoms with van der Waals surface area (Å²) in [4.78, 5) is 30.6. The highest BCUT2D eigenvalue weighted by atomic mass is 32.2. The lowest BCUT2D eigenvalue weighted by molar-refractivity contribution is -0.140.